The van der Waals surface area contributed by atoms with Crippen molar-refractivity contribution in [3.8, 4) is 0 Å². The fourth-order valence-electron chi connectivity index (χ4n) is 2.82. The predicted molar refractivity (Wildman–Crippen MR) is 117 cm³/mol. The highest BCUT2D eigenvalue weighted by molar-refractivity contribution is 7.21. The van der Waals surface area contributed by atoms with E-state index in [2.05, 4.69) is 30.6 Å². The molecule has 8 nitrogen and oxygen atoms in total. The molecule has 3 aromatic heterocycles. The third-order valence-corrected chi connectivity index (χ3v) is 5.33. The number of likely N-dealkylation sites (N-methyl/N-ethyl adjacent to an activating group) is 1. The Hall–Kier alpha value is -3.44. The van der Waals surface area contributed by atoms with Crippen molar-refractivity contribution in [2.75, 3.05) is 35.7 Å². The van der Waals surface area contributed by atoms with Crippen LogP contribution in [0.15, 0.2) is 42.7 Å². The molecule has 0 fully saturated rings. The molecule has 0 spiro atoms. The first-order chi connectivity index (χ1) is 15.0. The number of aliphatic hydroxyl groups is 1. The van der Waals surface area contributed by atoms with Gasteiger partial charge in [0, 0.05) is 37.8 Å². The third-order valence-electron chi connectivity index (χ3n) is 4.44. The molecule has 0 unspecified atom stereocenters. The number of rotatable bonds is 8. The number of aromatic nitrogens is 4. The van der Waals surface area contributed by atoms with Gasteiger partial charge < -0.3 is 20.6 Å². The van der Waals surface area contributed by atoms with Gasteiger partial charge in [-0.15, -0.1) is 0 Å². The molecule has 0 saturated carbocycles. The number of hydrogen-bond donors (Lipinski definition) is 3. The van der Waals surface area contributed by atoms with Gasteiger partial charge in [0.2, 0.25) is 0 Å². The van der Waals surface area contributed by atoms with E-state index in [-0.39, 0.29) is 13.2 Å². The van der Waals surface area contributed by atoms with Gasteiger partial charge in [-0.3, -0.25) is 0 Å². The van der Waals surface area contributed by atoms with Crippen LogP contribution in [-0.4, -0.2) is 45.2 Å². The van der Waals surface area contributed by atoms with Crippen LogP contribution in [0.2, 0.25) is 0 Å². The zero-order valence-corrected chi connectivity index (χ0v) is 17.3. The lowest BCUT2D eigenvalue weighted by molar-refractivity contribution is 0.304. The van der Waals surface area contributed by atoms with E-state index in [0.717, 1.165) is 6.07 Å². The lowest BCUT2D eigenvalue weighted by Gasteiger charge is -2.16. The van der Waals surface area contributed by atoms with E-state index in [1.54, 1.807) is 12.1 Å². The van der Waals surface area contributed by atoms with Crippen LogP contribution >= 0.6 is 11.3 Å². The quantitative estimate of drug-likeness (QED) is 0.380. The predicted octanol–water partition coefficient (Wildman–Crippen LogP) is 3.54. The minimum atomic E-state index is -0.610. The molecule has 0 aliphatic rings. The van der Waals surface area contributed by atoms with Crippen LogP contribution in [-0.2, 0) is 6.54 Å². The molecule has 160 valence electrons. The number of thiazole rings is 1. The fourth-order valence-corrected chi connectivity index (χ4v) is 3.66. The van der Waals surface area contributed by atoms with Crippen molar-refractivity contribution in [2.45, 2.75) is 6.54 Å². The van der Waals surface area contributed by atoms with E-state index in [9.17, 15) is 8.78 Å². The van der Waals surface area contributed by atoms with Gasteiger partial charge in [-0.05, 0) is 18.2 Å². The molecular formula is C20H19F2N7OS. The maximum absolute atomic E-state index is 13.8. The molecule has 4 aromatic rings. The van der Waals surface area contributed by atoms with Crippen LogP contribution in [0.4, 0.5) is 31.4 Å². The number of anilines is 4. The SMILES string of the molecule is CN(CCO)c1cc(Nc2nc3ccc(NCc4ccc(F)cc4F)nc3s2)ncn1. The maximum atomic E-state index is 13.8. The monoisotopic (exact) mass is 443 g/mol. The van der Waals surface area contributed by atoms with Gasteiger partial charge in [-0.1, -0.05) is 17.4 Å². The highest BCUT2D eigenvalue weighted by Gasteiger charge is 2.10. The summed E-state index contributed by atoms with van der Waals surface area (Å²) >= 11 is 1.35. The second-order valence-corrected chi connectivity index (χ2v) is 7.64. The summed E-state index contributed by atoms with van der Waals surface area (Å²) in [7, 11) is 1.83. The summed E-state index contributed by atoms with van der Waals surface area (Å²) in [5.74, 6) is 0.582. The Bertz CT molecular complexity index is 1200. The van der Waals surface area contributed by atoms with E-state index in [4.69, 9.17) is 5.11 Å². The van der Waals surface area contributed by atoms with Crippen molar-refractivity contribution in [3.63, 3.8) is 0 Å². The lowest BCUT2D eigenvalue weighted by atomic mass is 10.2. The first-order valence-electron chi connectivity index (χ1n) is 9.38. The topological polar surface area (TPSA) is 99.1 Å². The molecule has 11 heteroatoms. The second-order valence-electron chi connectivity index (χ2n) is 6.66. The molecule has 4 rings (SSSR count). The normalized spacial score (nSPS) is 11.0. The molecule has 0 bridgehead atoms. The van der Waals surface area contributed by atoms with Crippen molar-refractivity contribution >= 4 is 44.3 Å². The Morgan fingerprint density at radius 1 is 1.06 bits per heavy atom. The average Bonchev–Trinajstić information content (AvgIpc) is 3.15. The molecule has 0 aliphatic carbocycles. The molecule has 3 N–H and O–H groups in total. The van der Waals surface area contributed by atoms with E-state index < -0.39 is 11.6 Å². The smallest absolute Gasteiger partial charge is 0.190 e. The van der Waals surface area contributed by atoms with Crippen LogP contribution in [0.25, 0.3) is 10.3 Å². The summed E-state index contributed by atoms with van der Waals surface area (Å²) in [6.45, 7) is 0.662. The first-order valence-corrected chi connectivity index (χ1v) is 10.2. The van der Waals surface area contributed by atoms with Crippen LogP contribution < -0.4 is 15.5 Å². The molecule has 0 radical (unpaired) electrons. The van der Waals surface area contributed by atoms with E-state index in [0.29, 0.717) is 45.0 Å². The number of fused-ring (bicyclic) bond motifs is 1. The van der Waals surface area contributed by atoms with Crippen molar-refractivity contribution in [3.05, 3.63) is 59.9 Å². The zero-order chi connectivity index (χ0) is 21.8. The molecule has 0 amide bonds. The molecule has 3 heterocycles. The Morgan fingerprint density at radius 3 is 2.74 bits per heavy atom. The highest BCUT2D eigenvalue weighted by atomic mass is 32.1. The largest absolute Gasteiger partial charge is 0.395 e. The van der Waals surface area contributed by atoms with Crippen LogP contribution in [0.3, 0.4) is 0 Å². The first kappa shape index (κ1) is 20.8. The summed E-state index contributed by atoms with van der Waals surface area (Å²) in [4.78, 5) is 19.9. The van der Waals surface area contributed by atoms with Crippen molar-refractivity contribution in [1.82, 2.24) is 19.9 Å². The second kappa shape index (κ2) is 9.14. The molecule has 1 aromatic carbocycles. The molecule has 0 saturated heterocycles. The maximum Gasteiger partial charge on any atom is 0.190 e. The standard InChI is InChI=1S/C20H19F2N7OS/c1-29(6-7-30)18-9-17(24-11-25-18)28-20-26-15-4-5-16(27-19(15)31-20)23-10-12-2-3-13(21)8-14(12)22/h2-5,8-9,11,30H,6-7,10H2,1H3,(H,23,27)(H,24,25,26,28). The lowest BCUT2D eigenvalue weighted by Crippen LogP contribution is -2.22. The Kier molecular flexibility index (Phi) is 6.14. The summed E-state index contributed by atoms with van der Waals surface area (Å²) < 4.78 is 26.8. The average molecular weight is 443 g/mol. The van der Waals surface area contributed by atoms with Crippen LogP contribution in [0.5, 0.6) is 0 Å². The van der Waals surface area contributed by atoms with E-state index >= 15 is 0 Å². The van der Waals surface area contributed by atoms with Gasteiger partial charge >= 0.3 is 0 Å². The molecule has 0 aliphatic heterocycles. The number of benzene rings is 1. The van der Waals surface area contributed by atoms with Gasteiger partial charge in [0.15, 0.2) is 5.13 Å². The summed E-state index contributed by atoms with van der Waals surface area (Å²) in [6.07, 6.45) is 1.44. The van der Waals surface area contributed by atoms with Gasteiger partial charge in [-0.2, -0.15) is 0 Å². The number of aliphatic hydroxyl groups excluding tert-OH is 1. The fraction of sp³-hybridized carbons (Fsp3) is 0.200. The number of nitrogens with one attached hydrogen (secondary N) is 2. The Balaban J connectivity index is 1.47. The van der Waals surface area contributed by atoms with E-state index in [1.165, 1.54) is 29.8 Å². The van der Waals surface area contributed by atoms with Crippen LogP contribution in [0, 0.1) is 11.6 Å². The van der Waals surface area contributed by atoms with Crippen LogP contribution in [0.1, 0.15) is 5.56 Å². The molecule has 0 atom stereocenters. The minimum absolute atomic E-state index is 0.0248. The minimum Gasteiger partial charge on any atom is -0.395 e. The van der Waals surface area contributed by atoms with Gasteiger partial charge in [0.1, 0.15) is 45.8 Å². The number of pyridine rings is 1. The van der Waals surface area contributed by atoms with Gasteiger partial charge in [0.05, 0.1) is 6.61 Å². The van der Waals surface area contributed by atoms with Gasteiger partial charge in [-0.25, -0.2) is 28.7 Å². The third kappa shape index (κ3) is 5.01. The molecular weight excluding hydrogens is 424 g/mol. The Morgan fingerprint density at radius 2 is 1.94 bits per heavy atom. The number of hydrogen-bond acceptors (Lipinski definition) is 9. The van der Waals surface area contributed by atoms with Crippen molar-refractivity contribution < 1.29 is 13.9 Å². The van der Waals surface area contributed by atoms with Crippen molar-refractivity contribution in [1.29, 1.82) is 0 Å². The summed E-state index contributed by atoms with van der Waals surface area (Å²) in [5, 5.41) is 15.9. The van der Waals surface area contributed by atoms with E-state index in [1.807, 2.05) is 18.0 Å². The summed E-state index contributed by atoms with van der Waals surface area (Å²) in [6, 6.07) is 8.80. The van der Waals surface area contributed by atoms with Crippen molar-refractivity contribution in [2.24, 2.45) is 0 Å². The number of nitrogens with zero attached hydrogens (tertiary/aromatic N) is 5. The zero-order valence-electron chi connectivity index (χ0n) is 16.5. The summed E-state index contributed by atoms with van der Waals surface area (Å²) in [5.41, 5.74) is 1.05. The molecule has 31 heavy (non-hydrogen) atoms. The van der Waals surface area contributed by atoms with Gasteiger partial charge in [0.25, 0.3) is 0 Å². The Labute approximate surface area is 180 Å². The highest BCUT2D eigenvalue weighted by Crippen LogP contribution is 2.28. The number of halogens is 2.